The summed E-state index contributed by atoms with van der Waals surface area (Å²) in [7, 11) is 0. The number of carboxylic acids is 1. The Morgan fingerprint density at radius 1 is 1.32 bits per heavy atom. The fourth-order valence-electron chi connectivity index (χ4n) is 3.77. The lowest BCUT2D eigenvalue weighted by molar-refractivity contribution is -0.150. The Morgan fingerprint density at radius 2 is 2.11 bits per heavy atom. The van der Waals surface area contributed by atoms with Crippen LogP contribution in [0.5, 0.6) is 0 Å². The summed E-state index contributed by atoms with van der Waals surface area (Å²) in [6.45, 7) is 0.234. The fraction of sp³-hybridized carbons (Fsp3) is 0.368. The molecule has 0 bridgehead atoms. The first-order valence-electron chi connectivity index (χ1n) is 9.19. The van der Waals surface area contributed by atoms with Gasteiger partial charge in [0.1, 0.15) is 17.3 Å². The normalized spacial score (nSPS) is 16.2. The number of hydrogen-bond acceptors (Lipinski definition) is 5. The van der Waals surface area contributed by atoms with E-state index in [4.69, 9.17) is 0 Å². The summed E-state index contributed by atoms with van der Waals surface area (Å²) in [6.07, 6.45) is 6.67. The van der Waals surface area contributed by atoms with E-state index in [1.165, 1.54) is 24.4 Å². The second-order valence-electron chi connectivity index (χ2n) is 7.19. The van der Waals surface area contributed by atoms with Crippen molar-refractivity contribution in [1.82, 2.24) is 19.7 Å². The molecular weight excluding hydrogens is 365 g/mol. The topological polar surface area (TPSA) is 113 Å². The van der Waals surface area contributed by atoms with E-state index in [1.807, 2.05) is 0 Å². The van der Waals surface area contributed by atoms with Crippen LogP contribution in [0.15, 0.2) is 35.4 Å². The summed E-state index contributed by atoms with van der Waals surface area (Å²) >= 11 is 0. The molecule has 3 aromatic rings. The van der Waals surface area contributed by atoms with Gasteiger partial charge in [-0.05, 0) is 25.0 Å². The van der Waals surface area contributed by atoms with Gasteiger partial charge in [-0.15, -0.1) is 5.10 Å². The van der Waals surface area contributed by atoms with E-state index in [2.05, 4.69) is 20.4 Å². The van der Waals surface area contributed by atoms with Crippen molar-refractivity contribution in [2.75, 3.05) is 11.9 Å². The average molecular weight is 385 g/mol. The molecule has 1 aliphatic carbocycles. The molecule has 0 aliphatic heterocycles. The van der Waals surface area contributed by atoms with Crippen molar-refractivity contribution in [2.45, 2.75) is 32.1 Å². The van der Waals surface area contributed by atoms with E-state index in [9.17, 15) is 19.1 Å². The van der Waals surface area contributed by atoms with E-state index >= 15 is 0 Å². The van der Waals surface area contributed by atoms with Crippen LogP contribution < -0.4 is 10.9 Å². The number of aromatic amines is 1. The van der Waals surface area contributed by atoms with Gasteiger partial charge in [-0.2, -0.15) is 4.68 Å². The molecule has 9 heteroatoms. The molecule has 0 unspecified atom stereocenters. The van der Waals surface area contributed by atoms with Gasteiger partial charge in [0.2, 0.25) is 0 Å². The Balaban J connectivity index is 1.65. The lowest BCUT2D eigenvalue weighted by Crippen LogP contribution is -2.40. The Hall–Kier alpha value is -3.23. The third kappa shape index (κ3) is 3.23. The zero-order valence-electron chi connectivity index (χ0n) is 15.1. The number of fused-ring (bicyclic) bond motifs is 1. The summed E-state index contributed by atoms with van der Waals surface area (Å²) in [5, 5.41) is 17.5. The van der Waals surface area contributed by atoms with Crippen molar-refractivity contribution >= 4 is 22.8 Å². The first kappa shape index (κ1) is 18.1. The van der Waals surface area contributed by atoms with Crippen molar-refractivity contribution in [3.05, 3.63) is 46.8 Å². The van der Waals surface area contributed by atoms with Crippen LogP contribution in [0.2, 0.25) is 0 Å². The van der Waals surface area contributed by atoms with Gasteiger partial charge in [-0.25, -0.2) is 9.37 Å². The molecule has 146 valence electrons. The highest BCUT2D eigenvalue weighted by atomic mass is 19.1. The number of aromatic nitrogens is 4. The molecule has 1 saturated carbocycles. The zero-order valence-corrected chi connectivity index (χ0v) is 15.1. The van der Waals surface area contributed by atoms with Crippen LogP contribution in [0.4, 0.5) is 10.2 Å². The summed E-state index contributed by atoms with van der Waals surface area (Å²) < 4.78 is 14.7. The summed E-state index contributed by atoms with van der Waals surface area (Å²) in [5.74, 6) is -0.952. The maximum Gasteiger partial charge on any atom is 0.311 e. The van der Waals surface area contributed by atoms with E-state index in [0.29, 0.717) is 35.4 Å². The lowest BCUT2D eigenvalue weighted by Gasteiger charge is -2.33. The molecule has 0 atom stereocenters. The van der Waals surface area contributed by atoms with Crippen LogP contribution in [0, 0.1) is 11.2 Å². The largest absolute Gasteiger partial charge is 0.481 e. The van der Waals surface area contributed by atoms with Crippen molar-refractivity contribution in [1.29, 1.82) is 0 Å². The fourth-order valence-corrected chi connectivity index (χ4v) is 3.77. The van der Waals surface area contributed by atoms with Crippen molar-refractivity contribution in [3.8, 4) is 5.69 Å². The molecule has 3 N–H and O–H groups in total. The highest BCUT2D eigenvalue weighted by molar-refractivity contribution is 5.85. The maximum atomic E-state index is 13.6. The van der Waals surface area contributed by atoms with E-state index in [1.54, 1.807) is 0 Å². The first-order chi connectivity index (χ1) is 13.5. The van der Waals surface area contributed by atoms with Crippen molar-refractivity contribution in [2.24, 2.45) is 5.41 Å². The maximum absolute atomic E-state index is 13.6. The number of pyridine rings is 1. The summed E-state index contributed by atoms with van der Waals surface area (Å²) in [5.41, 5.74) is -0.396. The molecule has 0 amide bonds. The predicted octanol–water partition coefficient (Wildman–Crippen LogP) is 2.69. The second kappa shape index (κ2) is 7.06. The third-order valence-electron chi connectivity index (χ3n) is 5.38. The van der Waals surface area contributed by atoms with E-state index in [-0.39, 0.29) is 12.1 Å². The first-order valence-corrected chi connectivity index (χ1v) is 9.19. The van der Waals surface area contributed by atoms with Gasteiger partial charge in [0.15, 0.2) is 0 Å². The molecule has 3 aromatic heterocycles. The van der Waals surface area contributed by atoms with E-state index < -0.39 is 17.2 Å². The number of H-pyrrole nitrogens is 1. The number of halogens is 1. The number of nitrogens with one attached hydrogen (secondary N) is 2. The smallest absolute Gasteiger partial charge is 0.311 e. The third-order valence-corrected chi connectivity index (χ3v) is 5.38. The SMILES string of the molecule is O=C(O)C1(CNc2ccc(=O)n(-c3c[nH]c4ncc(F)cc34)n2)CCCCC1. The van der Waals surface area contributed by atoms with Gasteiger partial charge in [0, 0.05) is 24.2 Å². The van der Waals surface area contributed by atoms with Crippen LogP contribution in [-0.2, 0) is 4.79 Å². The van der Waals surface area contributed by atoms with Gasteiger partial charge in [0.25, 0.3) is 5.56 Å². The predicted molar refractivity (Wildman–Crippen MR) is 101 cm³/mol. The minimum Gasteiger partial charge on any atom is -0.481 e. The number of hydrogen-bond donors (Lipinski definition) is 3. The molecule has 0 spiro atoms. The Kier molecular flexibility index (Phi) is 4.58. The number of aliphatic carboxylic acids is 1. The van der Waals surface area contributed by atoms with Crippen LogP contribution in [0.1, 0.15) is 32.1 Å². The van der Waals surface area contributed by atoms with Crippen LogP contribution in [-0.4, -0.2) is 37.4 Å². The Bertz CT molecular complexity index is 1080. The van der Waals surface area contributed by atoms with Crippen LogP contribution >= 0.6 is 0 Å². The van der Waals surface area contributed by atoms with Crippen molar-refractivity contribution < 1.29 is 14.3 Å². The Morgan fingerprint density at radius 3 is 2.86 bits per heavy atom. The number of rotatable bonds is 5. The average Bonchev–Trinajstić information content (AvgIpc) is 3.11. The zero-order chi connectivity index (χ0) is 19.7. The summed E-state index contributed by atoms with van der Waals surface area (Å²) in [4.78, 5) is 31.0. The Labute approximate surface area is 159 Å². The standard InChI is InChI=1S/C19H20FN5O3/c20-12-8-13-14(10-22-17(13)21-9-12)25-16(26)5-4-15(24-25)23-11-19(18(27)28)6-2-1-3-7-19/h4-5,8-10H,1-3,6-7,11H2,(H,21,22)(H,23,24)(H,27,28). The second-order valence-corrected chi connectivity index (χ2v) is 7.19. The monoisotopic (exact) mass is 385 g/mol. The van der Waals surface area contributed by atoms with Crippen molar-refractivity contribution in [3.63, 3.8) is 0 Å². The molecule has 8 nitrogen and oxygen atoms in total. The highest BCUT2D eigenvalue weighted by Crippen LogP contribution is 2.36. The molecule has 1 fully saturated rings. The molecule has 0 radical (unpaired) electrons. The summed E-state index contributed by atoms with van der Waals surface area (Å²) in [6, 6.07) is 4.14. The molecular formula is C19H20FN5O3. The number of nitrogens with zero attached hydrogens (tertiary/aromatic N) is 3. The number of carboxylic acid groups (broad SMARTS) is 1. The minimum atomic E-state index is -0.825. The van der Waals surface area contributed by atoms with E-state index in [0.717, 1.165) is 30.1 Å². The lowest BCUT2D eigenvalue weighted by atomic mass is 9.74. The quantitative estimate of drug-likeness (QED) is 0.622. The van der Waals surface area contributed by atoms with Crippen LogP contribution in [0.25, 0.3) is 16.7 Å². The molecule has 0 aromatic carbocycles. The number of carbonyl (C=O) groups is 1. The van der Waals surface area contributed by atoms with Gasteiger partial charge in [0.05, 0.1) is 17.3 Å². The van der Waals surface area contributed by atoms with Gasteiger partial charge in [-0.1, -0.05) is 19.3 Å². The molecule has 28 heavy (non-hydrogen) atoms. The molecule has 4 rings (SSSR count). The van der Waals surface area contributed by atoms with Gasteiger partial charge in [-0.3, -0.25) is 9.59 Å². The number of anilines is 1. The van der Waals surface area contributed by atoms with Crippen LogP contribution in [0.3, 0.4) is 0 Å². The molecule has 0 saturated heterocycles. The molecule has 3 heterocycles. The molecule has 1 aliphatic rings. The van der Waals surface area contributed by atoms with Gasteiger partial charge >= 0.3 is 5.97 Å². The van der Waals surface area contributed by atoms with Gasteiger partial charge < -0.3 is 15.4 Å². The highest BCUT2D eigenvalue weighted by Gasteiger charge is 2.39. The minimum absolute atomic E-state index is 0.234.